The van der Waals surface area contributed by atoms with E-state index in [4.69, 9.17) is 0 Å². The number of fused-ring (bicyclic) bond motifs is 1. The lowest BCUT2D eigenvalue weighted by Crippen LogP contribution is -2.24. The molecule has 0 heterocycles. The van der Waals surface area contributed by atoms with Crippen molar-refractivity contribution in [2.45, 2.75) is 26.4 Å². The highest BCUT2D eigenvalue weighted by Crippen LogP contribution is 2.48. The van der Waals surface area contributed by atoms with E-state index in [2.05, 4.69) is 0 Å². The molecule has 1 aromatic rings. The zero-order valence-corrected chi connectivity index (χ0v) is 10.6. The van der Waals surface area contributed by atoms with Crippen LogP contribution in [0.1, 0.15) is 25.8 Å². The standard InChI is InChI=1S/C16H16O2/c1-16(2)9-11-8-12(17)13(14(11)15(16)18)10-6-4-3-5-7-10/h3-7,9,15,18H,8H2,1-2H3. The number of Topliss-reactive ketones (excluding diaryl/α,β-unsaturated/α-hetero) is 1. The maximum absolute atomic E-state index is 12.1. The summed E-state index contributed by atoms with van der Waals surface area (Å²) in [6.07, 6.45) is 1.90. The first-order chi connectivity index (χ1) is 8.50. The zero-order valence-electron chi connectivity index (χ0n) is 10.6. The highest BCUT2D eigenvalue weighted by molar-refractivity contribution is 6.26. The predicted molar refractivity (Wildman–Crippen MR) is 70.9 cm³/mol. The van der Waals surface area contributed by atoms with Crippen molar-refractivity contribution in [3.8, 4) is 0 Å². The second-order valence-electron chi connectivity index (χ2n) is 5.65. The fourth-order valence-electron chi connectivity index (χ4n) is 2.93. The monoisotopic (exact) mass is 240 g/mol. The largest absolute Gasteiger partial charge is 0.387 e. The van der Waals surface area contributed by atoms with E-state index in [1.807, 2.05) is 50.3 Å². The van der Waals surface area contributed by atoms with Crippen LogP contribution in [0, 0.1) is 5.41 Å². The van der Waals surface area contributed by atoms with Crippen molar-refractivity contribution in [2.75, 3.05) is 0 Å². The van der Waals surface area contributed by atoms with Crippen LogP contribution < -0.4 is 0 Å². The van der Waals surface area contributed by atoms with E-state index in [0.717, 1.165) is 16.7 Å². The van der Waals surface area contributed by atoms with Gasteiger partial charge in [0.25, 0.3) is 0 Å². The Morgan fingerprint density at radius 3 is 2.56 bits per heavy atom. The number of aliphatic hydroxyl groups is 1. The first kappa shape index (κ1) is 11.4. The summed E-state index contributed by atoms with van der Waals surface area (Å²) >= 11 is 0. The summed E-state index contributed by atoms with van der Waals surface area (Å²) in [6, 6.07) is 9.64. The van der Waals surface area contributed by atoms with Crippen LogP contribution in [-0.4, -0.2) is 17.0 Å². The van der Waals surface area contributed by atoms with Gasteiger partial charge in [0.15, 0.2) is 5.78 Å². The van der Waals surface area contributed by atoms with Crippen molar-refractivity contribution in [1.29, 1.82) is 0 Å². The molecule has 2 nitrogen and oxygen atoms in total. The van der Waals surface area contributed by atoms with Crippen LogP contribution in [0.15, 0.2) is 47.6 Å². The smallest absolute Gasteiger partial charge is 0.168 e. The van der Waals surface area contributed by atoms with Gasteiger partial charge in [0, 0.05) is 17.4 Å². The number of ketones is 1. The molecule has 2 aliphatic carbocycles. The summed E-state index contributed by atoms with van der Waals surface area (Å²) in [5.74, 6) is 0.122. The van der Waals surface area contributed by atoms with Gasteiger partial charge in [0.2, 0.25) is 0 Å². The summed E-state index contributed by atoms with van der Waals surface area (Å²) in [6.45, 7) is 4.01. The highest BCUT2D eigenvalue weighted by atomic mass is 16.3. The van der Waals surface area contributed by atoms with Crippen LogP contribution in [-0.2, 0) is 4.79 Å². The second kappa shape index (κ2) is 3.66. The lowest BCUT2D eigenvalue weighted by atomic mass is 9.86. The Bertz CT molecular complexity index is 576. The van der Waals surface area contributed by atoms with Crippen molar-refractivity contribution in [2.24, 2.45) is 5.41 Å². The number of aliphatic hydroxyl groups excluding tert-OH is 1. The molecule has 0 bridgehead atoms. The minimum atomic E-state index is -0.575. The molecule has 92 valence electrons. The van der Waals surface area contributed by atoms with Gasteiger partial charge in [-0.1, -0.05) is 50.3 Å². The molecule has 18 heavy (non-hydrogen) atoms. The van der Waals surface area contributed by atoms with Gasteiger partial charge in [-0.15, -0.1) is 0 Å². The molecule has 1 unspecified atom stereocenters. The van der Waals surface area contributed by atoms with E-state index < -0.39 is 6.10 Å². The molecule has 1 atom stereocenters. The number of carbonyl (C=O) groups is 1. The van der Waals surface area contributed by atoms with Crippen LogP contribution in [0.2, 0.25) is 0 Å². The van der Waals surface area contributed by atoms with Gasteiger partial charge >= 0.3 is 0 Å². The van der Waals surface area contributed by atoms with E-state index in [1.165, 1.54) is 0 Å². The van der Waals surface area contributed by atoms with Crippen molar-refractivity contribution >= 4 is 11.4 Å². The third kappa shape index (κ3) is 1.49. The Kier molecular flexibility index (Phi) is 2.32. The Hall–Kier alpha value is -1.67. The first-order valence-corrected chi connectivity index (χ1v) is 6.23. The van der Waals surface area contributed by atoms with E-state index in [1.54, 1.807) is 0 Å². The van der Waals surface area contributed by atoms with Gasteiger partial charge in [0.05, 0.1) is 6.10 Å². The van der Waals surface area contributed by atoms with Crippen molar-refractivity contribution in [1.82, 2.24) is 0 Å². The molecule has 0 saturated carbocycles. The lowest BCUT2D eigenvalue weighted by Gasteiger charge is -2.22. The van der Waals surface area contributed by atoms with Crippen LogP contribution in [0.5, 0.6) is 0 Å². The molecule has 1 aromatic carbocycles. The molecule has 2 aliphatic rings. The molecule has 0 fully saturated rings. The second-order valence-corrected chi connectivity index (χ2v) is 5.65. The van der Waals surface area contributed by atoms with Gasteiger partial charge in [-0.05, 0) is 16.7 Å². The van der Waals surface area contributed by atoms with E-state index in [0.29, 0.717) is 12.0 Å². The van der Waals surface area contributed by atoms with Crippen LogP contribution >= 0.6 is 0 Å². The lowest BCUT2D eigenvalue weighted by molar-refractivity contribution is -0.112. The molecule has 2 heteroatoms. The summed E-state index contributed by atoms with van der Waals surface area (Å²) in [5, 5.41) is 10.4. The normalized spacial score (nSPS) is 25.4. The topological polar surface area (TPSA) is 37.3 Å². The molecule has 3 rings (SSSR count). The Balaban J connectivity index is 2.19. The van der Waals surface area contributed by atoms with Crippen molar-refractivity contribution in [3.63, 3.8) is 0 Å². The summed E-state index contributed by atoms with van der Waals surface area (Å²) in [5.41, 5.74) is 3.20. The predicted octanol–water partition coefficient (Wildman–Crippen LogP) is 2.74. The summed E-state index contributed by atoms with van der Waals surface area (Å²) in [7, 11) is 0. The van der Waals surface area contributed by atoms with Gasteiger partial charge in [-0.3, -0.25) is 4.79 Å². The Morgan fingerprint density at radius 2 is 1.89 bits per heavy atom. The SMILES string of the molecule is CC1(C)C=C2CC(=O)C(c3ccccc3)=C2C1O. The summed E-state index contributed by atoms with van der Waals surface area (Å²) in [4.78, 5) is 12.1. The molecule has 1 N–H and O–H groups in total. The highest BCUT2D eigenvalue weighted by Gasteiger charge is 2.43. The van der Waals surface area contributed by atoms with Crippen LogP contribution in [0.4, 0.5) is 0 Å². The number of hydrogen-bond donors (Lipinski definition) is 1. The Labute approximate surface area is 107 Å². The quantitative estimate of drug-likeness (QED) is 0.819. The maximum atomic E-state index is 12.1. The summed E-state index contributed by atoms with van der Waals surface area (Å²) < 4.78 is 0. The number of allylic oxidation sites excluding steroid dienone is 1. The fraction of sp³-hybridized carbons (Fsp3) is 0.312. The molecule has 0 aromatic heterocycles. The molecule has 0 spiro atoms. The molecule has 0 radical (unpaired) electrons. The average molecular weight is 240 g/mol. The molecule has 0 saturated heterocycles. The molecular formula is C16H16O2. The van der Waals surface area contributed by atoms with Crippen LogP contribution in [0.3, 0.4) is 0 Å². The minimum Gasteiger partial charge on any atom is -0.387 e. The maximum Gasteiger partial charge on any atom is 0.168 e. The number of rotatable bonds is 1. The Morgan fingerprint density at radius 1 is 1.22 bits per heavy atom. The zero-order chi connectivity index (χ0) is 12.9. The fourth-order valence-corrected chi connectivity index (χ4v) is 2.93. The third-order valence-corrected chi connectivity index (χ3v) is 3.83. The average Bonchev–Trinajstić information content (AvgIpc) is 2.74. The van der Waals surface area contributed by atoms with Gasteiger partial charge in [-0.2, -0.15) is 0 Å². The number of hydrogen-bond acceptors (Lipinski definition) is 2. The van der Waals surface area contributed by atoms with E-state index >= 15 is 0 Å². The van der Waals surface area contributed by atoms with Gasteiger partial charge < -0.3 is 5.11 Å². The number of benzene rings is 1. The van der Waals surface area contributed by atoms with Crippen molar-refractivity contribution in [3.05, 3.63) is 53.1 Å². The number of carbonyl (C=O) groups excluding carboxylic acids is 1. The van der Waals surface area contributed by atoms with Crippen LogP contribution in [0.25, 0.3) is 5.57 Å². The van der Waals surface area contributed by atoms with Gasteiger partial charge in [0.1, 0.15) is 0 Å². The van der Waals surface area contributed by atoms with E-state index in [9.17, 15) is 9.90 Å². The van der Waals surface area contributed by atoms with E-state index in [-0.39, 0.29) is 11.2 Å². The first-order valence-electron chi connectivity index (χ1n) is 6.23. The molecule has 0 amide bonds. The van der Waals surface area contributed by atoms with Crippen molar-refractivity contribution < 1.29 is 9.90 Å². The van der Waals surface area contributed by atoms with Gasteiger partial charge in [-0.25, -0.2) is 0 Å². The molecular weight excluding hydrogens is 224 g/mol. The third-order valence-electron chi connectivity index (χ3n) is 3.83. The molecule has 0 aliphatic heterocycles. The minimum absolute atomic E-state index is 0.122.